The lowest BCUT2D eigenvalue weighted by atomic mass is 10.1. The van der Waals surface area contributed by atoms with Crippen molar-refractivity contribution >= 4 is 46.0 Å². The number of anilines is 2. The number of hydrogen-bond acceptors (Lipinski definition) is 5. The van der Waals surface area contributed by atoms with Crippen molar-refractivity contribution in [2.45, 2.75) is 13.8 Å². The van der Waals surface area contributed by atoms with E-state index in [-0.39, 0.29) is 11.5 Å². The van der Waals surface area contributed by atoms with Gasteiger partial charge >= 0.3 is 0 Å². The molecule has 2 heterocycles. The van der Waals surface area contributed by atoms with E-state index in [9.17, 15) is 9.59 Å². The molecule has 0 unspecified atom stereocenters. The quantitative estimate of drug-likeness (QED) is 0.316. The summed E-state index contributed by atoms with van der Waals surface area (Å²) in [6.07, 6.45) is 1.88. The van der Waals surface area contributed by atoms with Gasteiger partial charge in [0.25, 0.3) is 11.5 Å². The standard InChI is InChI=1S/C30H29N5O2S/c1-20-11-9-10-14-25(20)34-28(36)26(19-22-15-17-23(18-16-22)32(3)4)38-30(34)31-27-21(2)33(5)35(29(27)37)24-12-7-6-8-13-24/h6-19H,1-5H3/b26-19-,31-30?. The van der Waals surface area contributed by atoms with Crippen LogP contribution in [0.15, 0.2) is 93.6 Å². The van der Waals surface area contributed by atoms with Gasteiger partial charge in [-0.3, -0.25) is 19.2 Å². The minimum Gasteiger partial charge on any atom is -0.378 e. The van der Waals surface area contributed by atoms with Crippen LogP contribution in [0.2, 0.25) is 0 Å². The topological polar surface area (TPSA) is 62.8 Å². The maximum Gasteiger partial charge on any atom is 0.297 e. The number of amides is 1. The third kappa shape index (κ3) is 4.59. The van der Waals surface area contributed by atoms with E-state index in [0.717, 1.165) is 28.2 Å². The predicted octanol–water partition coefficient (Wildman–Crippen LogP) is 5.67. The van der Waals surface area contributed by atoms with Crippen LogP contribution >= 0.6 is 11.8 Å². The molecule has 192 valence electrons. The highest BCUT2D eigenvalue weighted by Crippen LogP contribution is 2.38. The van der Waals surface area contributed by atoms with Gasteiger partial charge in [-0.2, -0.15) is 0 Å². The Hall–Kier alpha value is -4.30. The minimum absolute atomic E-state index is 0.170. The summed E-state index contributed by atoms with van der Waals surface area (Å²) in [5.41, 5.74) is 5.21. The molecule has 0 spiro atoms. The Morgan fingerprint density at radius 2 is 1.53 bits per heavy atom. The molecule has 1 saturated heterocycles. The molecule has 38 heavy (non-hydrogen) atoms. The summed E-state index contributed by atoms with van der Waals surface area (Å²) < 4.78 is 3.39. The van der Waals surface area contributed by atoms with Gasteiger partial charge in [0.2, 0.25) is 0 Å². The molecule has 1 fully saturated rings. The third-order valence-electron chi connectivity index (χ3n) is 6.60. The molecular weight excluding hydrogens is 494 g/mol. The lowest BCUT2D eigenvalue weighted by Gasteiger charge is -2.17. The molecule has 1 aliphatic heterocycles. The molecule has 1 aromatic heterocycles. The molecule has 0 bridgehead atoms. The fraction of sp³-hybridized carbons (Fsp3) is 0.167. The van der Waals surface area contributed by atoms with Crippen molar-refractivity contribution < 1.29 is 4.79 Å². The van der Waals surface area contributed by atoms with Gasteiger partial charge in [0.05, 0.1) is 22.0 Å². The number of nitrogens with zero attached hydrogens (tertiary/aromatic N) is 5. The van der Waals surface area contributed by atoms with Crippen LogP contribution in [0, 0.1) is 13.8 Å². The fourth-order valence-corrected chi connectivity index (χ4v) is 5.35. The highest BCUT2D eigenvalue weighted by molar-refractivity contribution is 8.19. The van der Waals surface area contributed by atoms with Gasteiger partial charge < -0.3 is 4.90 Å². The highest BCUT2D eigenvalue weighted by atomic mass is 32.2. The van der Waals surface area contributed by atoms with Crippen molar-refractivity contribution in [2.75, 3.05) is 23.9 Å². The second kappa shape index (κ2) is 10.2. The first-order valence-electron chi connectivity index (χ1n) is 12.3. The lowest BCUT2D eigenvalue weighted by molar-refractivity contribution is -0.113. The van der Waals surface area contributed by atoms with Gasteiger partial charge in [-0.05, 0) is 73.1 Å². The first kappa shape index (κ1) is 25.4. The first-order chi connectivity index (χ1) is 18.3. The van der Waals surface area contributed by atoms with Gasteiger partial charge in [-0.1, -0.05) is 48.5 Å². The van der Waals surface area contributed by atoms with Gasteiger partial charge in [-0.25, -0.2) is 9.67 Å². The van der Waals surface area contributed by atoms with Crippen LogP contribution in [0.3, 0.4) is 0 Å². The van der Waals surface area contributed by atoms with Crippen molar-refractivity contribution in [2.24, 2.45) is 12.0 Å². The van der Waals surface area contributed by atoms with E-state index in [2.05, 4.69) is 0 Å². The molecule has 0 N–H and O–H groups in total. The van der Waals surface area contributed by atoms with Crippen molar-refractivity contribution in [3.8, 4) is 5.69 Å². The molecular formula is C30H29N5O2S. The van der Waals surface area contributed by atoms with E-state index >= 15 is 0 Å². The Morgan fingerprint density at radius 3 is 2.18 bits per heavy atom. The number of aromatic nitrogens is 2. The Morgan fingerprint density at radius 1 is 0.868 bits per heavy atom. The Kier molecular flexibility index (Phi) is 6.82. The highest BCUT2D eigenvalue weighted by Gasteiger charge is 2.36. The normalized spacial score (nSPS) is 15.6. The van der Waals surface area contributed by atoms with Crippen molar-refractivity contribution in [3.63, 3.8) is 0 Å². The van der Waals surface area contributed by atoms with E-state index in [4.69, 9.17) is 4.99 Å². The smallest absolute Gasteiger partial charge is 0.297 e. The number of rotatable bonds is 5. The fourth-order valence-electron chi connectivity index (χ4n) is 4.37. The Labute approximate surface area is 226 Å². The molecule has 7 nitrogen and oxygen atoms in total. The summed E-state index contributed by atoms with van der Waals surface area (Å²) in [4.78, 5) is 36.3. The van der Waals surface area contributed by atoms with E-state index in [1.807, 2.05) is 125 Å². The van der Waals surface area contributed by atoms with Crippen LogP contribution in [0.25, 0.3) is 11.8 Å². The molecule has 1 aliphatic rings. The summed E-state index contributed by atoms with van der Waals surface area (Å²) in [6.45, 7) is 3.82. The zero-order chi connectivity index (χ0) is 27.0. The summed E-state index contributed by atoms with van der Waals surface area (Å²) in [5.74, 6) is -0.170. The number of carbonyl (C=O) groups is 1. The van der Waals surface area contributed by atoms with Crippen LogP contribution < -0.4 is 15.4 Å². The molecule has 5 rings (SSSR count). The number of para-hydroxylation sites is 2. The number of hydrogen-bond donors (Lipinski definition) is 0. The van der Waals surface area contributed by atoms with E-state index < -0.39 is 0 Å². The molecule has 0 radical (unpaired) electrons. The summed E-state index contributed by atoms with van der Waals surface area (Å²) in [7, 11) is 5.82. The van der Waals surface area contributed by atoms with E-state index in [0.29, 0.717) is 21.5 Å². The molecule has 8 heteroatoms. The van der Waals surface area contributed by atoms with Gasteiger partial charge in [-0.15, -0.1) is 0 Å². The molecule has 3 aromatic carbocycles. The summed E-state index contributed by atoms with van der Waals surface area (Å²) in [6, 6.07) is 25.2. The Bertz CT molecular complexity index is 1630. The average Bonchev–Trinajstić information content (AvgIpc) is 3.32. The van der Waals surface area contributed by atoms with Crippen LogP contribution in [0.4, 0.5) is 17.1 Å². The maximum absolute atomic E-state index is 13.8. The number of carbonyl (C=O) groups excluding carboxylic acids is 1. The molecule has 4 aromatic rings. The van der Waals surface area contributed by atoms with Gasteiger partial charge in [0, 0.05) is 26.8 Å². The number of aryl methyl sites for hydroxylation is 1. The first-order valence-corrected chi connectivity index (χ1v) is 13.1. The largest absolute Gasteiger partial charge is 0.378 e. The minimum atomic E-state index is -0.238. The predicted molar refractivity (Wildman–Crippen MR) is 158 cm³/mol. The van der Waals surface area contributed by atoms with Crippen molar-refractivity contribution in [3.05, 3.63) is 111 Å². The zero-order valence-corrected chi connectivity index (χ0v) is 22.9. The Balaban J connectivity index is 1.63. The number of thioether (sulfide) groups is 1. The van der Waals surface area contributed by atoms with E-state index in [1.54, 1.807) is 14.3 Å². The second-order valence-corrected chi connectivity index (χ2v) is 10.3. The lowest BCUT2D eigenvalue weighted by Crippen LogP contribution is -2.29. The SMILES string of the molecule is Cc1ccccc1N1C(=O)/C(=C/c2ccc(N(C)C)cc2)SC1=Nc1c(C)n(C)n(-c2ccccc2)c1=O. The number of aliphatic imine (C=N–C) groups is 1. The van der Waals surface area contributed by atoms with E-state index in [1.165, 1.54) is 11.8 Å². The number of benzene rings is 3. The monoisotopic (exact) mass is 523 g/mol. The summed E-state index contributed by atoms with van der Waals surface area (Å²) in [5, 5.41) is 0.450. The third-order valence-corrected chi connectivity index (χ3v) is 7.57. The van der Waals surface area contributed by atoms with Crippen LogP contribution in [-0.4, -0.2) is 34.5 Å². The van der Waals surface area contributed by atoms with Crippen LogP contribution in [0.5, 0.6) is 0 Å². The zero-order valence-electron chi connectivity index (χ0n) is 22.0. The molecule has 0 aliphatic carbocycles. The summed E-state index contributed by atoms with van der Waals surface area (Å²) >= 11 is 1.28. The van der Waals surface area contributed by atoms with Crippen molar-refractivity contribution in [1.29, 1.82) is 0 Å². The maximum atomic E-state index is 13.8. The van der Waals surface area contributed by atoms with Crippen molar-refractivity contribution in [1.82, 2.24) is 9.36 Å². The average molecular weight is 524 g/mol. The van der Waals surface area contributed by atoms with Gasteiger partial charge in [0.1, 0.15) is 0 Å². The van der Waals surface area contributed by atoms with Gasteiger partial charge in [0.15, 0.2) is 10.9 Å². The van der Waals surface area contributed by atoms with Crippen LogP contribution in [0.1, 0.15) is 16.8 Å². The van der Waals surface area contributed by atoms with Crippen LogP contribution in [-0.2, 0) is 11.8 Å². The molecule has 0 saturated carbocycles. The number of amidine groups is 1. The molecule has 0 atom stereocenters. The molecule has 1 amide bonds. The second-order valence-electron chi connectivity index (χ2n) is 9.33.